The lowest BCUT2D eigenvalue weighted by molar-refractivity contribution is 0.827. The lowest BCUT2D eigenvalue weighted by Crippen LogP contribution is -2.22. The van der Waals surface area contributed by atoms with Gasteiger partial charge in [0.05, 0.1) is 0 Å². The Morgan fingerprint density at radius 3 is 2.48 bits per heavy atom. The van der Waals surface area contributed by atoms with Crippen LogP contribution in [0.5, 0.6) is 0 Å². The highest BCUT2D eigenvalue weighted by Gasteiger charge is 2.17. The van der Waals surface area contributed by atoms with E-state index in [0.717, 1.165) is 30.8 Å². The predicted octanol–water partition coefficient (Wildman–Crippen LogP) is 2.56. The topological polar surface area (TPSA) is 80.0 Å². The molecule has 6 nitrogen and oxygen atoms in total. The van der Waals surface area contributed by atoms with Crippen molar-refractivity contribution in [3.8, 4) is 0 Å². The Labute approximate surface area is 132 Å². The molecular formula is C13H15ClN6S. The van der Waals surface area contributed by atoms with Gasteiger partial charge in [-0.2, -0.15) is 15.0 Å². The predicted molar refractivity (Wildman–Crippen MR) is 84.7 cm³/mol. The van der Waals surface area contributed by atoms with Gasteiger partial charge in [0.2, 0.25) is 11.9 Å². The molecule has 0 bridgehead atoms. The van der Waals surface area contributed by atoms with Crippen LogP contribution in [-0.2, 0) is 0 Å². The third-order valence-corrected chi connectivity index (χ3v) is 4.27. The second-order valence-electron chi connectivity index (χ2n) is 4.64. The van der Waals surface area contributed by atoms with Gasteiger partial charge >= 0.3 is 0 Å². The van der Waals surface area contributed by atoms with Crippen molar-refractivity contribution in [2.75, 3.05) is 23.4 Å². The van der Waals surface area contributed by atoms with E-state index in [0.29, 0.717) is 22.1 Å². The Morgan fingerprint density at radius 2 is 1.81 bits per heavy atom. The third-order valence-electron chi connectivity index (χ3n) is 3.14. The Morgan fingerprint density at radius 1 is 1.10 bits per heavy atom. The molecule has 0 amide bonds. The van der Waals surface area contributed by atoms with E-state index in [1.165, 1.54) is 11.8 Å². The molecule has 1 aromatic carbocycles. The lowest BCUT2D eigenvalue weighted by Gasteiger charge is -2.16. The van der Waals surface area contributed by atoms with Crippen LogP contribution < -0.4 is 16.2 Å². The van der Waals surface area contributed by atoms with Gasteiger partial charge in [0, 0.05) is 23.0 Å². The summed E-state index contributed by atoms with van der Waals surface area (Å²) in [6.07, 6.45) is 2.33. The fourth-order valence-corrected chi connectivity index (χ4v) is 2.99. The minimum Gasteiger partial charge on any atom is -0.341 e. The first-order chi connectivity index (χ1) is 10.2. The summed E-state index contributed by atoms with van der Waals surface area (Å²) >= 11 is 7.35. The molecular weight excluding hydrogens is 308 g/mol. The van der Waals surface area contributed by atoms with E-state index in [2.05, 4.69) is 25.3 Å². The van der Waals surface area contributed by atoms with E-state index < -0.39 is 0 Å². The number of rotatable bonds is 4. The minimum absolute atomic E-state index is 0.378. The van der Waals surface area contributed by atoms with E-state index in [1.807, 2.05) is 24.3 Å². The Bertz CT molecular complexity index is 615. The fraction of sp³-hybridized carbons (Fsp3) is 0.308. The molecule has 0 unspecified atom stereocenters. The van der Waals surface area contributed by atoms with Crippen molar-refractivity contribution in [1.29, 1.82) is 0 Å². The average Bonchev–Trinajstić information content (AvgIpc) is 3.04. The van der Waals surface area contributed by atoms with Crippen LogP contribution in [0.3, 0.4) is 0 Å². The first-order valence-electron chi connectivity index (χ1n) is 6.65. The normalized spacial score (nSPS) is 14.5. The van der Waals surface area contributed by atoms with Crippen LogP contribution in [0.2, 0.25) is 5.02 Å². The molecule has 1 aliphatic heterocycles. The molecule has 1 saturated heterocycles. The summed E-state index contributed by atoms with van der Waals surface area (Å²) in [5.74, 6) is 6.50. The molecule has 0 saturated carbocycles. The number of nitrogens with one attached hydrogen (secondary N) is 1. The van der Waals surface area contributed by atoms with E-state index >= 15 is 0 Å². The number of benzene rings is 1. The van der Waals surface area contributed by atoms with Crippen molar-refractivity contribution >= 4 is 35.3 Å². The molecule has 0 spiro atoms. The molecule has 110 valence electrons. The summed E-state index contributed by atoms with van der Waals surface area (Å²) in [4.78, 5) is 16.3. The van der Waals surface area contributed by atoms with Gasteiger partial charge in [-0.25, -0.2) is 5.84 Å². The van der Waals surface area contributed by atoms with Crippen LogP contribution in [0.25, 0.3) is 0 Å². The van der Waals surface area contributed by atoms with E-state index in [-0.39, 0.29) is 0 Å². The molecule has 0 atom stereocenters. The zero-order valence-electron chi connectivity index (χ0n) is 11.3. The lowest BCUT2D eigenvalue weighted by atomic mass is 10.4. The molecule has 3 N–H and O–H groups in total. The number of halogens is 1. The van der Waals surface area contributed by atoms with Gasteiger partial charge in [-0.3, -0.25) is 5.43 Å². The summed E-state index contributed by atoms with van der Waals surface area (Å²) in [7, 11) is 0. The van der Waals surface area contributed by atoms with Crippen LogP contribution in [0, 0.1) is 0 Å². The first kappa shape index (κ1) is 14.4. The summed E-state index contributed by atoms with van der Waals surface area (Å²) in [6, 6.07) is 7.55. The van der Waals surface area contributed by atoms with Gasteiger partial charge in [-0.05, 0) is 48.9 Å². The third kappa shape index (κ3) is 3.55. The SMILES string of the molecule is NNc1nc(Sc2ccc(Cl)cc2)nc(N2CCCC2)n1. The minimum atomic E-state index is 0.378. The van der Waals surface area contributed by atoms with Crippen LogP contribution >= 0.6 is 23.4 Å². The fourth-order valence-electron chi connectivity index (χ4n) is 2.12. The number of hydrazine groups is 1. The number of nitrogens with two attached hydrogens (primary N) is 1. The molecule has 8 heteroatoms. The van der Waals surface area contributed by atoms with Gasteiger partial charge in [-0.1, -0.05) is 11.6 Å². The largest absolute Gasteiger partial charge is 0.341 e. The molecule has 0 aliphatic carbocycles. The maximum atomic E-state index is 5.89. The van der Waals surface area contributed by atoms with Crippen molar-refractivity contribution in [2.45, 2.75) is 22.9 Å². The second kappa shape index (κ2) is 6.46. The molecule has 21 heavy (non-hydrogen) atoms. The molecule has 2 aromatic rings. The molecule has 0 radical (unpaired) electrons. The Kier molecular flexibility index (Phi) is 4.42. The maximum Gasteiger partial charge on any atom is 0.242 e. The molecule has 1 aliphatic rings. The zero-order chi connectivity index (χ0) is 14.7. The zero-order valence-corrected chi connectivity index (χ0v) is 12.9. The molecule has 3 rings (SSSR count). The highest BCUT2D eigenvalue weighted by molar-refractivity contribution is 7.99. The van der Waals surface area contributed by atoms with Crippen molar-refractivity contribution in [2.24, 2.45) is 5.84 Å². The van der Waals surface area contributed by atoms with Crippen molar-refractivity contribution in [1.82, 2.24) is 15.0 Å². The number of hydrogen-bond donors (Lipinski definition) is 2. The quantitative estimate of drug-likeness (QED) is 0.661. The number of hydrogen-bond acceptors (Lipinski definition) is 7. The molecule has 1 fully saturated rings. The van der Waals surface area contributed by atoms with Crippen LogP contribution in [0.15, 0.2) is 34.3 Å². The second-order valence-corrected chi connectivity index (χ2v) is 6.11. The molecule has 1 aromatic heterocycles. The Balaban J connectivity index is 1.86. The van der Waals surface area contributed by atoms with E-state index in [4.69, 9.17) is 17.4 Å². The average molecular weight is 323 g/mol. The number of nitrogens with zero attached hydrogens (tertiary/aromatic N) is 4. The smallest absolute Gasteiger partial charge is 0.242 e. The van der Waals surface area contributed by atoms with Gasteiger partial charge < -0.3 is 4.90 Å². The monoisotopic (exact) mass is 322 g/mol. The van der Waals surface area contributed by atoms with Gasteiger partial charge in [0.1, 0.15) is 0 Å². The number of anilines is 2. The van der Waals surface area contributed by atoms with Crippen molar-refractivity contribution in [3.05, 3.63) is 29.3 Å². The van der Waals surface area contributed by atoms with Gasteiger partial charge in [0.15, 0.2) is 5.16 Å². The summed E-state index contributed by atoms with van der Waals surface area (Å²) < 4.78 is 0. The van der Waals surface area contributed by atoms with Crippen LogP contribution in [0.4, 0.5) is 11.9 Å². The summed E-state index contributed by atoms with van der Waals surface area (Å²) in [5, 5.41) is 1.32. The van der Waals surface area contributed by atoms with Crippen molar-refractivity contribution < 1.29 is 0 Å². The van der Waals surface area contributed by atoms with Gasteiger partial charge in [-0.15, -0.1) is 0 Å². The number of aromatic nitrogens is 3. The summed E-state index contributed by atoms with van der Waals surface area (Å²) in [5.41, 5.74) is 2.50. The first-order valence-corrected chi connectivity index (χ1v) is 7.85. The highest BCUT2D eigenvalue weighted by Crippen LogP contribution is 2.28. The number of nitrogen functional groups attached to an aromatic ring is 1. The van der Waals surface area contributed by atoms with E-state index in [1.54, 1.807) is 0 Å². The van der Waals surface area contributed by atoms with Crippen LogP contribution in [0.1, 0.15) is 12.8 Å². The standard InChI is InChI=1S/C13H15ClN6S/c14-9-3-5-10(6-4-9)21-13-17-11(19-15)16-12(18-13)20-7-1-2-8-20/h3-6H,1-2,7-8,15H2,(H,16,17,18,19). The molecule has 2 heterocycles. The highest BCUT2D eigenvalue weighted by atomic mass is 35.5. The Hall–Kier alpha value is -1.57. The van der Waals surface area contributed by atoms with Gasteiger partial charge in [0.25, 0.3) is 0 Å². The van der Waals surface area contributed by atoms with E-state index in [9.17, 15) is 0 Å². The van der Waals surface area contributed by atoms with Crippen molar-refractivity contribution in [3.63, 3.8) is 0 Å². The maximum absolute atomic E-state index is 5.89. The summed E-state index contributed by atoms with van der Waals surface area (Å²) in [6.45, 7) is 1.94. The van der Waals surface area contributed by atoms with Crippen LogP contribution in [-0.4, -0.2) is 28.0 Å².